The third-order valence-electron chi connectivity index (χ3n) is 3.12. The van der Waals surface area contributed by atoms with E-state index in [4.69, 9.17) is 0 Å². The molecule has 0 amide bonds. The molecule has 2 aromatic rings. The highest BCUT2D eigenvalue weighted by Crippen LogP contribution is 2.46. The van der Waals surface area contributed by atoms with Crippen molar-refractivity contribution >= 4 is 5.97 Å². The van der Waals surface area contributed by atoms with Crippen molar-refractivity contribution < 1.29 is 9.90 Å². The monoisotopic (exact) mass is 229 g/mol. The van der Waals surface area contributed by atoms with Gasteiger partial charge in [0.25, 0.3) is 0 Å². The number of aliphatic carboxylic acids is 1. The summed E-state index contributed by atoms with van der Waals surface area (Å²) < 4.78 is 0. The van der Waals surface area contributed by atoms with Crippen molar-refractivity contribution in [3.05, 3.63) is 36.4 Å². The van der Waals surface area contributed by atoms with Gasteiger partial charge in [0.15, 0.2) is 0 Å². The van der Waals surface area contributed by atoms with Crippen LogP contribution in [0.3, 0.4) is 0 Å². The van der Waals surface area contributed by atoms with Crippen LogP contribution in [-0.2, 0) is 10.2 Å². The Hall–Kier alpha value is -2.17. The first-order valence-electron chi connectivity index (χ1n) is 5.43. The molecule has 2 heterocycles. The fraction of sp³-hybridized carbons (Fsp3) is 0.250. The summed E-state index contributed by atoms with van der Waals surface area (Å²) in [5.41, 5.74) is 0.755. The molecule has 1 aliphatic rings. The van der Waals surface area contributed by atoms with Gasteiger partial charge >= 0.3 is 5.97 Å². The number of carboxylic acid groups (broad SMARTS) is 1. The Balaban J connectivity index is 2.04. The first-order valence-corrected chi connectivity index (χ1v) is 5.43. The minimum absolute atomic E-state index is 0.414. The number of hydrogen-bond donors (Lipinski definition) is 2. The largest absolute Gasteiger partial charge is 0.480 e. The Kier molecular flexibility index (Phi) is 2.01. The smallest absolute Gasteiger partial charge is 0.317 e. The second-order valence-corrected chi connectivity index (χ2v) is 4.24. The summed E-state index contributed by atoms with van der Waals surface area (Å²) in [7, 11) is 0. The summed E-state index contributed by atoms with van der Waals surface area (Å²) in [4.78, 5) is 22.7. The summed E-state index contributed by atoms with van der Waals surface area (Å²) >= 11 is 0. The number of H-pyrrole nitrogens is 1. The number of aromatic nitrogens is 3. The lowest BCUT2D eigenvalue weighted by molar-refractivity contribution is -0.140. The van der Waals surface area contributed by atoms with Crippen molar-refractivity contribution in [2.75, 3.05) is 0 Å². The third-order valence-corrected chi connectivity index (χ3v) is 3.12. The number of aromatic amines is 1. The number of rotatable bonds is 3. The molecule has 0 unspecified atom stereocenters. The summed E-state index contributed by atoms with van der Waals surface area (Å²) in [6, 6.07) is 5.54. The number of nitrogens with zero attached hydrogens (tertiary/aromatic N) is 2. The van der Waals surface area contributed by atoms with Gasteiger partial charge in [-0.1, -0.05) is 0 Å². The van der Waals surface area contributed by atoms with Crippen LogP contribution in [0.1, 0.15) is 18.7 Å². The molecule has 0 aromatic carbocycles. The van der Waals surface area contributed by atoms with Gasteiger partial charge in [-0.25, -0.2) is 9.97 Å². The van der Waals surface area contributed by atoms with Crippen molar-refractivity contribution in [3.63, 3.8) is 0 Å². The van der Waals surface area contributed by atoms with Gasteiger partial charge in [-0.15, -0.1) is 0 Å². The molecule has 0 atom stereocenters. The van der Waals surface area contributed by atoms with Crippen molar-refractivity contribution in [1.82, 2.24) is 15.0 Å². The van der Waals surface area contributed by atoms with Crippen LogP contribution in [0.2, 0.25) is 0 Å². The minimum Gasteiger partial charge on any atom is -0.480 e. The molecule has 1 aliphatic carbocycles. The van der Waals surface area contributed by atoms with Gasteiger partial charge in [0.1, 0.15) is 11.2 Å². The first kappa shape index (κ1) is 10.0. The van der Waals surface area contributed by atoms with E-state index < -0.39 is 11.4 Å². The molecule has 0 aliphatic heterocycles. The van der Waals surface area contributed by atoms with E-state index in [-0.39, 0.29) is 0 Å². The standard InChI is InChI=1S/C12H11N3O2/c16-11(17)12(4-5-12)10-14-7-3-9(15-10)8-2-1-6-13-8/h1-3,6-7,13H,4-5H2,(H,16,17). The molecular weight excluding hydrogens is 218 g/mol. The molecule has 0 radical (unpaired) electrons. The lowest BCUT2D eigenvalue weighted by Gasteiger charge is -2.08. The third kappa shape index (κ3) is 1.51. The van der Waals surface area contributed by atoms with Gasteiger partial charge < -0.3 is 10.1 Å². The Bertz CT molecular complexity index is 559. The van der Waals surface area contributed by atoms with Crippen LogP contribution in [0.5, 0.6) is 0 Å². The second-order valence-electron chi connectivity index (χ2n) is 4.24. The molecule has 1 fully saturated rings. The zero-order valence-electron chi connectivity index (χ0n) is 9.05. The summed E-state index contributed by atoms with van der Waals surface area (Å²) in [5, 5.41) is 9.19. The second kappa shape index (κ2) is 3.41. The Labute approximate surface area is 97.5 Å². The molecule has 2 aromatic heterocycles. The molecule has 0 saturated heterocycles. The molecule has 0 bridgehead atoms. The summed E-state index contributed by atoms with van der Waals surface area (Å²) in [5.74, 6) is -0.418. The lowest BCUT2D eigenvalue weighted by atomic mass is 10.1. The molecule has 3 rings (SSSR count). The number of nitrogens with one attached hydrogen (secondary N) is 1. The molecule has 86 valence electrons. The van der Waals surface area contributed by atoms with Crippen LogP contribution < -0.4 is 0 Å². The van der Waals surface area contributed by atoms with Gasteiger partial charge in [-0.2, -0.15) is 0 Å². The van der Waals surface area contributed by atoms with Crippen molar-refractivity contribution in [3.8, 4) is 11.4 Å². The van der Waals surface area contributed by atoms with Gasteiger partial charge in [0, 0.05) is 12.4 Å². The molecule has 0 spiro atoms. The maximum absolute atomic E-state index is 11.2. The van der Waals surface area contributed by atoms with E-state index in [0.29, 0.717) is 18.7 Å². The van der Waals surface area contributed by atoms with Crippen LogP contribution in [-0.4, -0.2) is 26.0 Å². The van der Waals surface area contributed by atoms with Crippen LogP contribution in [0.25, 0.3) is 11.4 Å². The minimum atomic E-state index is -0.845. The van der Waals surface area contributed by atoms with Gasteiger partial charge in [-0.05, 0) is 31.0 Å². The molecule has 1 saturated carbocycles. The van der Waals surface area contributed by atoms with E-state index in [1.54, 1.807) is 18.5 Å². The fourth-order valence-corrected chi connectivity index (χ4v) is 1.89. The molecule has 17 heavy (non-hydrogen) atoms. The maximum atomic E-state index is 11.2. The fourth-order valence-electron chi connectivity index (χ4n) is 1.89. The summed E-state index contributed by atoms with van der Waals surface area (Å²) in [6.07, 6.45) is 4.66. The zero-order valence-corrected chi connectivity index (χ0v) is 9.05. The zero-order chi connectivity index (χ0) is 11.9. The quantitative estimate of drug-likeness (QED) is 0.837. The van der Waals surface area contributed by atoms with E-state index in [1.165, 1.54) is 0 Å². The van der Waals surface area contributed by atoms with E-state index in [9.17, 15) is 9.90 Å². The van der Waals surface area contributed by atoms with Crippen molar-refractivity contribution in [2.45, 2.75) is 18.3 Å². The van der Waals surface area contributed by atoms with Gasteiger partial charge in [0.2, 0.25) is 0 Å². The number of carboxylic acids is 1. The Morgan fingerprint density at radius 3 is 2.82 bits per heavy atom. The predicted molar refractivity (Wildman–Crippen MR) is 60.4 cm³/mol. The predicted octanol–water partition coefficient (Wildman–Crippen LogP) is 1.59. The molecular formula is C12H11N3O2. The maximum Gasteiger partial charge on any atom is 0.317 e. The van der Waals surface area contributed by atoms with Crippen LogP contribution in [0.15, 0.2) is 30.6 Å². The highest BCUT2D eigenvalue weighted by atomic mass is 16.4. The molecule has 5 heteroatoms. The van der Waals surface area contributed by atoms with Crippen molar-refractivity contribution in [1.29, 1.82) is 0 Å². The van der Waals surface area contributed by atoms with E-state index in [1.807, 2.05) is 12.1 Å². The van der Waals surface area contributed by atoms with Gasteiger partial charge in [-0.3, -0.25) is 4.79 Å². The Morgan fingerprint density at radius 1 is 1.41 bits per heavy atom. The van der Waals surface area contributed by atoms with E-state index in [2.05, 4.69) is 15.0 Å². The van der Waals surface area contributed by atoms with E-state index in [0.717, 1.165) is 11.4 Å². The Morgan fingerprint density at radius 2 is 2.24 bits per heavy atom. The van der Waals surface area contributed by atoms with Crippen molar-refractivity contribution in [2.24, 2.45) is 0 Å². The lowest BCUT2D eigenvalue weighted by Crippen LogP contribution is -2.22. The number of hydrogen-bond acceptors (Lipinski definition) is 3. The molecule has 2 N–H and O–H groups in total. The normalized spacial score (nSPS) is 16.7. The SMILES string of the molecule is O=C(O)C1(c2nccc(-c3ccc[nH]3)n2)CC1. The highest BCUT2D eigenvalue weighted by molar-refractivity contribution is 5.83. The van der Waals surface area contributed by atoms with Gasteiger partial charge in [0.05, 0.1) is 11.4 Å². The van der Waals surface area contributed by atoms with E-state index >= 15 is 0 Å². The number of carbonyl (C=O) groups is 1. The first-order chi connectivity index (χ1) is 8.22. The average Bonchev–Trinajstić information content (AvgIpc) is 2.98. The highest BCUT2D eigenvalue weighted by Gasteiger charge is 2.54. The molecule has 5 nitrogen and oxygen atoms in total. The van der Waals surface area contributed by atoms with Crippen LogP contribution in [0, 0.1) is 0 Å². The average molecular weight is 229 g/mol. The summed E-state index contributed by atoms with van der Waals surface area (Å²) in [6.45, 7) is 0. The van der Waals surface area contributed by atoms with Crippen LogP contribution >= 0.6 is 0 Å². The van der Waals surface area contributed by atoms with Crippen LogP contribution in [0.4, 0.5) is 0 Å². The topological polar surface area (TPSA) is 78.9 Å².